The Balaban J connectivity index is 2.69. The number of carbonyl (C=O) groups excluding carboxylic acids is 1. The predicted molar refractivity (Wildman–Crippen MR) is 62.9 cm³/mol. The van der Waals surface area contributed by atoms with Gasteiger partial charge in [-0.05, 0) is 12.1 Å². The van der Waals surface area contributed by atoms with E-state index in [9.17, 15) is 9.18 Å². The summed E-state index contributed by atoms with van der Waals surface area (Å²) in [7, 11) is 0. The summed E-state index contributed by atoms with van der Waals surface area (Å²) < 4.78 is 13.3. The molecule has 16 heavy (non-hydrogen) atoms. The number of benzene rings is 1. The third-order valence-electron chi connectivity index (χ3n) is 1.99. The summed E-state index contributed by atoms with van der Waals surface area (Å²) in [5.74, 6) is -0.591. The highest BCUT2D eigenvalue weighted by molar-refractivity contribution is 7.14. The molecular formula is C10H4Cl2FNOS. The molecule has 0 atom stereocenters. The highest BCUT2D eigenvalue weighted by Gasteiger charge is 2.14. The van der Waals surface area contributed by atoms with Crippen LogP contribution in [-0.4, -0.2) is 11.3 Å². The van der Waals surface area contributed by atoms with E-state index in [1.165, 1.54) is 29.0 Å². The molecule has 1 aromatic carbocycles. The Morgan fingerprint density at radius 2 is 2.12 bits per heavy atom. The van der Waals surface area contributed by atoms with Gasteiger partial charge in [-0.1, -0.05) is 23.2 Å². The summed E-state index contributed by atoms with van der Waals surface area (Å²) in [6, 6.07) is 2.46. The first-order valence-corrected chi connectivity index (χ1v) is 5.80. The van der Waals surface area contributed by atoms with Crippen LogP contribution in [0, 0.1) is 5.82 Å². The summed E-state index contributed by atoms with van der Waals surface area (Å²) in [6.07, 6.45) is 0.608. The molecule has 0 aliphatic heterocycles. The van der Waals surface area contributed by atoms with Crippen molar-refractivity contribution in [2.75, 3.05) is 0 Å². The molecule has 0 unspecified atom stereocenters. The van der Waals surface area contributed by atoms with E-state index in [-0.39, 0.29) is 15.7 Å². The molecule has 2 rings (SSSR count). The molecule has 1 heterocycles. The lowest BCUT2D eigenvalue weighted by Crippen LogP contribution is -1.89. The van der Waals surface area contributed by atoms with Gasteiger partial charge < -0.3 is 0 Å². The van der Waals surface area contributed by atoms with Crippen molar-refractivity contribution in [3.05, 3.63) is 39.2 Å². The molecule has 6 heteroatoms. The number of thiazole rings is 1. The highest BCUT2D eigenvalue weighted by atomic mass is 35.5. The molecule has 0 spiro atoms. The van der Waals surface area contributed by atoms with Gasteiger partial charge in [0, 0.05) is 11.1 Å². The van der Waals surface area contributed by atoms with E-state index in [2.05, 4.69) is 4.98 Å². The Kier molecular flexibility index (Phi) is 3.23. The number of hydrogen-bond acceptors (Lipinski definition) is 3. The summed E-state index contributed by atoms with van der Waals surface area (Å²) in [6.45, 7) is 0. The zero-order chi connectivity index (χ0) is 11.7. The minimum Gasteiger partial charge on any atom is -0.298 e. The van der Waals surface area contributed by atoms with Crippen LogP contribution < -0.4 is 0 Å². The van der Waals surface area contributed by atoms with Crippen LogP contribution in [0.15, 0.2) is 17.6 Å². The van der Waals surface area contributed by atoms with Crippen molar-refractivity contribution in [1.29, 1.82) is 0 Å². The zero-order valence-electron chi connectivity index (χ0n) is 7.71. The Labute approximate surface area is 105 Å². The van der Waals surface area contributed by atoms with E-state index in [1.54, 1.807) is 0 Å². The van der Waals surface area contributed by atoms with Crippen molar-refractivity contribution in [3.63, 3.8) is 0 Å². The third-order valence-corrected chi connectivity index (χ3v) is 3.54. The topological polar surface area (TPSA) is 30.0 Å². The van der Waals surface area contributed by atoms with Crippen molar-refractivity contribution in [2.24, 2.45) is 0 Å². The van der Waals surface area contributed by atoms with E-state index in [0.29, 0.717) is 16.7 Å². The fourth-order valence-electron chi connectivity index (χ4n) is 1.26. The van der Waals surface area contributed by atoms with Gasteiger partial charge in [0.15, 0.2) is 6.29 Å². The molecule has 2 nitrogen and oxygen atoms in total. The zero-order valence-corrected chi connectivity index (χ0v) is 10.0. The van der Waals surface area contributed by atoms with E-state index < -0.39 is 5.82 Å². The van der Waals surface area contributed by atoms with Gasteiger partial charge in [0.25, 0.3) is 0 Å². The molecule has 0 saturated heterocycles. The van der Waals surface area contributed by atoms with Crippen LogP contribution in [0.3, 0.4) is 0 Å². The number of carbonyl (C=O) groups is 1. The Morgan fingerprint density at radius 1 is 1.38 bits per heavy atom. The van der Waals surface area contributed by atoms with Crippen molar-refractivity contribution >= 4 is 40.8 Å². The minimum atomic E-state index is -0.591. The molecule has 0 amide bonds. The van der Waals surface area contributed by atoms with E-state index in [0.717, 1.165) is 0 Å². The minimum absolute atomic E-state index is 0.0912. The van der Waals surface area contributed by atoms with Crippen molar-refractivity contribution in [2.45, 2.75) is 0 Å². The van der Waals surface area contributed by atoms with Gasteiger partial charge in [-0.3, -0.25) is 4.79 Å². The van der Waals surface area contributed by atoms with Crippen LogP contribution in [-0.2, 0) is 0 Å². The van der Waals surface area contributed by atoms with E-state index in [4.69, 9.17) is 23.2 Å². The van der Waals surface area contributed by atoms with Gasteiger partial charge in [0.1, 0.15) is 11.0 Å². The van der Waals surface area contributed by atoms with Crippen molar-refractivity contribution < 1.29 is 9.18 Å². The first-order chi connectivity index (χ1) is 7.63. The first-order valence-electron chi connectivity index (χ1n) is 4.17. The molecule has 0 bridgehead atoms. The quantitative estimate of drug-likeness (QED) is 0.774. The first kappa shape index (κ1) is 11.5. The summed E-state index contributed by atoms with van der Waals surface area (Å²) >= 11 is 12.6. The third kappa shape index (κ3) is 1.96. The van der Waals surface area contributed by atoms with Crippen LogP contribution in [0.25, 0.3) is 10.4 Å². The van der Waals surface area contributed by atoms with Crippen molar-refractivity contribution in [1.82, 2.24) is 4.98 Å². The monoisotopic (exact) mass is 275 g/mol. The second-order valence-corrected chi connectivity index (χ2v) is 4.56. The second kappa shape index (κ2) is 4.49. The van der Waals surface area contributed by atoms with Crippen LogP contribution in [0.2, 0.25) is 10.2 Å². The van der Waals surface area contributed by atoms with Crippen LogP contribution in [0.1, 0.15) is 10.4 Å². The molecule has 1 aromatic heterocycles. The molecule has 2 aromatic rings. The molecule has 0 radical (unpaired) electrons. The van der Waals surface area contributed by atoms with Crippen LogP contribution >= 0.6 is 34.5 Å². The number of halogens is 3. The summed E-state index contributed by atoms with van der Waals surface area (Å²) in [5.41, 5.74) is 2.22. The maximum atomic E-state index is 13.3. The van der Waals surface area contributed by atoms with Gasteiger partial charge in [-0.15, -0.1) is 11.3 Å². The number of nitrogens with zero attached hydrogens (tertiary/aromatic N) is 1. The largest absolute Gasteiger partial charge is 0.298 e. The van der Waals surface area contributed by atoms with Crippen LogP contribution in [0.5, 0.6) is 0 Å². The maximum Gasteiger partial charge on any atom is 0.150 e. The van der Waals surface area contributed by atoms with Gasteiger partial charge in [0.2, 0.25) is 0 Å². The van der Waals surface area contributed by atoms with E-state index in [1.807, 2.05) is 0 Å². The molecule has 0 fully saturated rings. The fourth-order valence-corrected chi connectivity index (χ4v) is 2.49. The predicted octanol–water partition coefficient (Wildman–Crippen LogP) is 4.07. The number of aldehydes is 1. The molecule has 0 saturated carbocycles. The van der Waals surface area contributed by atoms with Gasteiger partial charge in [0.05, 0.1) is 15.4 Å². The number of hydrogen-bond donors (Lipinski definition) is 0. The smallest absolute Gasteiger partial charge is 0.150 e. The summed E-state index contributed by atoms with van der Waals surface area (Å²) in [5, 5.41) is 0.154. The van der Waals surface area contributed by atoms with Gasteiger partial charge >= 0.3 is 0 Å². The Hall–Kier alpha value is -0.970. The Morgan fingerprint density at radius 3 is 2.69 bits per heavy atom. The number of aromatic nitrogens is 1. The molecule has 0 N–H and O–H groups in total. The van der Waals surface area contributed by atoms with Gasteiger partial charge in [-0.2, -0.15) is 0 Å². The van der Waals surface area contributed by atoms with Gasteiger partial charge in [-0.25, -0.2) is 9.37 Å². The average molecular weight is 276 g/mol. The highest BCUT2D eigenvalue weighted by Crippen LogP contribution is 2.35. The lowest BCUT2D eigenvalue weighted by molar-refractivity contribution is 0.112. The molecular weight excluding hydrogens is 272 g/mol. The maximum absolute atomic E-state index is 13.3. The molecule has 0 aliphatic rings. The molecule has 0 aliphatic carbocycles. The summed E-state index contributed by atoms with van der Waals surface area (Å²) in [4.78, 5) is 15.2. The normalized spacial score (nSPS) is 10.4. The standard InChI is InChI=1S/C10H4Cl2FNOS/c11-7-1-5(3-15)6(2-8(7)13)9-10(12)14-4-16-9/h1-4H. The van der Waals surface area contributed by atoms with E-state index >= 15 is 0 Å². The lowest BCUT2D eigenvalue weighted by Gasteiger charge is -2.04. The second-order valence-electron chi connectivity index (χ2n) is 2.94. The SMILES string of the molecule is O=Cc1cc(Cl)c(F)cc1-c1scnc1Cl. The Bertz CT molecular complexity index is 556. The molecule has 82 valence electrons. The van der Waals surface area contributed by atoms with Crippen LogP contribution in [0.4, 0.5) is 4.39 Å². The van der Waals surface area contributed by atoms with Crippen molar-refractivity contribution in [3.8, 4) is 10.4 Å². The average Bonchev–Trinajstić information content (AvgIpc) is 2.68. The number of rotatable bonds is 2. The lowest BCUT2D eigenvalue weighted by atomic mass is 10.1. The fraction of sp³-hybridized carbons (Fsp3) is 0.